The van der Waals surface area contributed by atoms with Crippen LogP contribution in [0.5, 0.6) is 0 Å². The fraction of sp³-hybridized carbons (Fsp3) is 0.444. The van der Waals surface area contributed by atoms with Crippen molar-refractivity contribution < 1.29 is 14.6 Å². The van der Waals surface area contributed by atoms with Crippen LogP contribution < -0.4 is 5.32 Å². The molecule has 1 rings (SSSR count). The number of aromatic nitrogens is 2. The van der Waals surface area contributed by atoms with Crippen molar-refractivity contribution >= 4 is 11.8 Å². The third-order valence-electron chi connectivity index (χ3n) is 1.67. The number of hydrogen-bond donors (Lipinski definition) is 2. The number of aryl methyl sites for hydroxylation is 1. The number of nitrogens with one attached hydrogen (secondary N) is 1. The Morgan fingerprint density at radius 1 is 1.60 bits per heavy atom. The van der Waals surface area contributed by atoms with Gasteiger partial charge in [-0.25, -0.2) is 14.8 Å². The van der Waals surface area contributed by atoms with Crippen molar-refractivity contribution in [3.63, 3.8) is 0 Å². The molecule has 0 saturated carbocycles. The van der Waals surface area contributed by atoms with Crippen LogP contribution in [0.4, 0.5) is 5.82 Å². The van der Waals surface area contributed by atoms with Crippen molar-refractivity contribution in [2.75, 3.05) is 25.6 Å². The molecule has 0 radical (unpaired) electrons. The van der Waals surface area contributed by atoms with Gasteiger partial charge in [0.1, 0.15) is 11.6 Å². The highest BCUT2D eigenvalue weighted by molar-refractivity contribution is 5.86. The predicted molar refractivity (Wildman–Crippen MR) is 54.1 cm³/mol. The summed E-state index contributed by atoms with van der Waals surface area (Å²) in [4.78, 5) is 18.5. The first-order chi connectivity index (χ1) is 7.13. The lowest BCUT2D eigenvalue weighted by Crippen LogP contribution is -2.11. The SMILES string of the molecule is COCCNc1cc(C(=O)O)nc(C)n1. The Labute approximate surface area is 87.3 Å². The molecule has 6 nitrogen and oxygen atoms in total. The topological polar surface area (TPSA) is 84.3 Å². The zero-order chi connectivity index (χ0) is 11.3. The molecular weight excluding hydrogens is 198 g/mol. The second kappa shape index (κ2) is 5.26. The summed E-state index contributed by atoms with van der Waals surface area (Å²) in [5.74, 6) is -0.137. The molecule has 1 aromatic rings. The van der Waals surface area contributed by atoms with Gasteiger partial charge in [0.2, 0.25) is 0 Å². The highest BCUT2D eigenvalue weighted by Gasteiger charge is 2.07. The number of nitrogens with zero attached hydrogens (tertiary/aromatic N) is 2. The van der Waals surface area contributed by atoms with Crippen LogP contribution in [0.15, 0.2) is 6.07 Å². The lowest BCUT2D eigenvalue weighted by Gasteiger charge is -2.06. The number of carboxylic acids is 1. The van der Waals surface area contributed by atoms with Gasteiger partial charge in [-0.3, -0.25) is 0 Å². The number of ether oxygens (including phenoxy) is 1. The number of hydrogen-bond acceptors (Lipinski definition) is 5. The number of carbonyl (C=O) groups is 1. The minimum absolute atomic E-state index is 0.0117. The molecule has 0 bridgehead atoms. The number of anilines is 1. The third kappa shape index (κ3) is 3.51. The molecule has 0 aliphatic carbocycles. The molecule has 1 heterocycles. The Hall–Kier alpha value is -1.69. The van der Waals surface area contributed by atoms with Gasteiger partial charge in [0.05, 0.1) is 6.61 Å². The van der Waals surface area contributed by atoms with Crippen molar-refractivity contribution in [3.8, 4) is 0 Å². The van der Waals surface area contributed by atoms with Crippen LogP contribution in [0.25, 0.3) is 0 Å². The Morgan fingerprint density at radius 2 is 2.33 bits per heavy atom. The van der Waals surface area contributed by atoms with Gasteiger partial charge in [-0.2, -0.15) is 0 Å². The van der Waals surface area contributed by atoms with Gasteiger partial charge in [-0.1, -0.05) is 0 Å². The zero-order valence-electron chi connectivity index (χ0n) is 8.65. The molecular formula is C9H13N3O3. The van der Waals surface area contributed by atoms with Gasteiger partial charge in [0.25, 0.3) is 0 Å². The lowest BCUT2D eigenvalue weighted by atomic mass is 10.4. The largest absolute Gasteiger partial charge is 0.477 e. The Balaban J connectivity index is 2.75. The fourth-order valence-electron chi connectivity index (χ4n) is 1.05. The Morgan fingerprint density at radius 3 is 2.93 bits per heavy atom. The van der Waals surface area contributed by atoms with Crippen LogP contribution >= 0.6 is 0 Å². The first kappa shape index (κ1) is 11.4. The van der Waals surface area contributed by atoms with E-state index in [-0.39, 0.29) is 5.69 Å². The molecule has 15 heavy (non-hydrogen) atoms. The highest BCUT2D eigenvalue weighted by Crippen LogP contribution is 2.06. The molecule has 0 unspecified atom stereocenters. The van der Waals surface area contributed by atoms with Crippen LogP contribution in [0.3, 0.4) is 0 Å². The van der Waals surface area contributed by atoms with Crippen LogP contribution in [0.1, 0.15) is 16.3 Å². The molecule has 0 fully saturated rings. The van der Waals surface area contributed by atoms with E-state index in [1.165, 1.54) is 6.07 Å². The van der Waals surface area contributed by atoms with E-state index in [2.05, 4.69) is 15.3 Å². The summed E-state index contributed by atoms with van der Waals surface area (Å²) in [5, 5.41) is 11.7. The standard InChI is InChI=1S/C9H13N3O3/c1-6-11-7(9(13)14)5-8(12-6)10-3-4-15-2/h5H,3-4H2,1-2H3,(H,13,14)(H,10,11,12). The van der Waals surface area contributed by atoms with Gasteiger partial charge in [0.15, 0.2) is 5.69 Å². The molecule has 0 saturated heterocycles. The average molecular weight is 211 g/mol. The minimum Gasteiger partial charge on any atom is -0.477 e. The third-order valence-corrected chi connectivity index (χ3v) is 1.67. The molecule has 0 aromatic carbocycles. The summed E-state index contributed by atoms with van der Waals surface area (Å²) in [6.07, 6.45) is 0. The van der Waals surface area contributed by atoms with E-state index in [1.54, 1.807) is 14.0 Å². The minimum atomic E-state index is -1.06. The molecule has 82 valence electrons. The number of rotatable bonds is 5. The van der Waals surface area contributed by atoms with E-state index < -0.39 is 5.97 Å². The lowest BCUT2D eigenvalue weighted by molar-refractivity contribution is 0.0690. The van der Waals surface area contributed by atoms with Crippen molar-refractivity contribution in [1.29, 1.82) is 0 Å². The van der Waals surface area contributed by atoms with E-state index in [4.69, 9.17) is 9.84 Å². The molecule has 2 N–H and O–H groups in total. The van der Waals surface area contributed by atoms with Crippen LogP contribution in [0, 0.1) is 6.92 Å². The van der Waals surface area contributed by atoms with Crippen LogP contribution in [-0.4, -0.2) is 41.3 Å². The monoisotopic (exact) mass is 211 g/mol. The fourth-order valence-corrected chi connectivity index (χ4v) is 1.05. The van der Waals surface area contributed by atoms with Gasteiger partial charge in [-0.15, -0.1) is 0 Å². The van der Waals surface area contributed by atoms with E-state index in [0.717, 1.165) is 0 Å². The van der Waals surface area contributed by atoms with E-state index >= 15 is 0 Å². The summed E-state index contributed by atoms with van der Waals surface area (Å²) in [5.41, 5.74) is -0.0117. The summed E-state index contributed by atoms with van der Waals surface area (Å²) in [6, 6.07) is 1.39. The summed E-state index contributed by atoms with van der Waals surface area (Å²) >= 11 is 0. The Kier molecular flexibility index (Phi) is 3.99. The maximum absolute atomic E-state index is 10.7. The van der Waals surface area contributed by atoms with Crippen LogP contribution in [0.2, 0.25) is 0 Å². The Bertz CT molecular complexity index is 354. The van der Waals surface area contributed by atoms with Gasteiger partial charge in [-0.05, 0) is 6.92 Å². The molecule has 6 heteroatoms. The normalized spacial score (nSPS) is 10.0. The molecule has 0 aliphatic rings. The molecule has 0 atom stereocenters. The average Bonchev–Trinajstić information content (AvgIpc) is 2.17. The van der Waals surface area contributed by atoms with Gasteiger partial charge in [0, 0.05) is 19.7 Å². The smallest absolute Gasteiger partial charge is 0.354 e. The van der Waals surface area contributed by atoms with E-state index in [0.29, 0.717) is 24.8 Å². The second-order valence-corrected chi connectivity index (χ2v) is 2.91. The first-order valence-electron chi connectivity index (χ1n) is 4.45. The number of aromatic carboxylic acids is 1. The summed E-state index contributed by atoms with van der Waals surface area (Å²) in [7, 11) is 1.59. The molecule has 0 aliphatic heterocycles. The molecule has 0 amide bonds. The quantitative estimate of drug-likeness (QED) is 0.691. The van der Waals surface area contributed by atoms with Crippen LogP contribution in [-0.2, 0) is 4.74 Å². The van der Waals surface area contributed by atoms with Crippen molar-refractivity contribution in [2.24, 2.45) is 0 Å². The maximum Gasteiger partial charge on any atom is 0.354 e. The number of carboxylic acid groups (broad SMARTS) is 1. The van der Waals surface area contributed by atoms with E-state index in [9.17, 15) is 4.79 Å². The van der Waals surface area contributed by atoms with Gasteiger partial charge < -0.3 is 15.2 Å². The predicted octanol–water partition coefficient (Wildman–Crippen LogP) is 0.542. The van der Waals surface area contributed by atoms with E-state index in [1.807, 2.05) is 0 Å². The second-order valence-electron chi connectivity index (χ2n) is 2.91. The van der Waals surface area contributed by atoms with Crippen molar-refractivity contribution in [2.45, 2.75) is 6.92 Å². The summed E-state index contributed by atoms with van der Waals surface area (Å²) < 4.78 is 4.85. The summed E-state index contributed by atoms with van der Waals surface area (Å²) in [6.45, 7) is 2.76. The highest BCUT2D eigenvalue weighted by atomic mass is 16.5. The first-order valence-corrected chi connectivity index (χ1v) is 4.45. The molecule has 1 aromatic heterocycles. The maximum atomic E-state index is 10.7. The van der Waals surface area contributed by atoms with Gasteiger partial charge >= 0.3 is 5.97 Å². The number of methoxy groups -OCH3 is 1. The van der Waals surface area contributed by atoms with Crippen molar-refractivity contribution in [3.05, 3.63) is 17.6 Å². The van der Waals surface area contributed by atoms with Crippen molar-refractivity contribution in [1.82, 2.24) is 9.97 Å². The zero-order valence-corrected chi connectivity index (χ0v) is 8.65. The molecule has 0 spiro atoms.